The molecule has 2 aromatic rings. The van der Waals surface area contributed by atoms with Crippen LogP contribution in [0.2, 0.25) is 0 Å². The zero-order chi connectivity index (χ0) is 15.4. The fraction of sp³-hybridized carbons (Fsp3) is 0.278. The zero-order valence-corrected chi connectivity index (χ0v) is 12.6. The molecule has 0 spiro atoms. The van der Waals surface area contributed by atoms with E-state index in [0.717, 1.165) is 24.5 Å². The molecule has 1 fully saturated rings. The summed E-state index contributed by atoms with van der Waals surface area (Å²) in [6.45, 7) is 1.99. The van der Waals surface area contributed by atoms with E-state index in [1.807, 2.05) is 42.5 Å². The number of ether oxygens (including phenoxy) is 2. The molecule has 3 rings (SSSR count). The monoisotopic (exact) mass is 294 g/mol. The second-order valence-corrected chi connectivity index (χ2v) is 5.24. The van der Waals surface area contributed by atoms with Gasteiger partial charge in [-0.15, -0.1) is 0 Å². The summed E-state index contributed by atoms with van der Waals surface area (Å²) in [4.78, 5) is 2.25. The van der Waals surface area contributed by atoms with Gasteiger partial charge in [0.15, 0.2) is 0 Å². The number of benzene rings is 2. The van der Waals surface area contributed by atoms with Crippen molar-refractivity contribution in [2.75, 3.05) is 25.1 Å². The molecule has 0 radical (unpaired) electrons. The van der Waals surface area contributed by atoms with Gasteiger partial charge in [-0.05, 0) is 37.1 Å². The summed E-state index contributed by atoms with van der Waals surface area (Å²) in [5, 5.41) is 9.56. The SMILES string of the molecule is COc1cccc(Oc2cccc(N3CCCC3)c2C#N)c1. The van der Waals surface area contributed by atoms with Crippen molar-refractivity contribution in [3.63, 3.8) is 0 Å². The number of methoxy groups -OCH3 is 1. The third-order valence-corrected chi connectivity index (χ3v) is 3.83. The topological polar surface area (TPSA) is 45.5 Å². The van der Waals surface area contributed by atoms with Crippen molar-refractivity contribution in [3.05, 3.63) is 48.0 Å². The maximum absolute atomic E-state index is 9.56. The van der Waals surface area contributed by atoms with Gasteiger partial charge in [0.1, 0.15) is 28.9 Å². The molecule has 2 aromatic carbocycles. The van der Waals surface area contributed by atoms with Crippen molar-refractivity contribution in [1.82, 2.24) is 0 Å². The fourth-order valence-electron chi connectivity index (χ4n) is 2.73. The lowest BCUT2D eigenvalue weighted by Crippen LogP contribution is -2.18. The molecule has 4 nitrogen and oxygen atoms in total. The van der Waals surface area contributed by atoms with Gasteiger partial charge >= 0.3 is 0 Å². The van der Waals surface area contributed by atoms with Crippen LogP contribution in [0.15, 0.2) is 42.5 Å². The molecule has 1 saturated heterocycles. The van der Waals surface area contributed by atoms with Crippen LogP contribution >= 0.6 is 0 Å². The molecular weight excluding hydrogens is 276 g/mol. The predicted octanol–water partition coefficient (Wildman–Crippen LogP) is 3.96. The van der Waals surface area contributed by atoms with E-state index in [1.165, 1.54) is 12.8 Å². The first-order valence-electron chi connectivity index (χ1n) is 7.42. The van der Waals surface area contributed by atoms with Crippen LogP contribution in [-0.2, 0) is 0 Å². The average molecular weight is 294 g/mol. The van der Waals surface area contributed by atoms with E-state index in [-0.39, 0.29) is 0 Å². The quantitative estimate of drug-likeness (QED) is 0.856. The van der Waals surface area contributed by atoms with Crippen molar-refractivity contribution in [2.45, 2.75) is 12.8 Å². The minimum atomic E-state index is 0.583. The van der Waals surface area contributed by atoms with Gasteiger partial charge in [-0.25, -0.2) is 0 Å². The Morgan fingerprint density at radius 3 is 2.50 bits per heavy atom. The molecule has 0 aromatic heterocycles. The summed E-state index contributed by atoms with van der Waals surface area (Å²) in [5.74, 6) is 1.97. The van der Waals surface area contributed by atoms with E-state index in [4.69, 9.17) is 9.47 Å². The smallest absolute Gasteiger partial charge is 0.147 e. The third-order valence-electron chi connectivity index (χ3n) is 3.83. The molecule has 0 bridgehead atoms. The van der Waals surface area contributed by atoms with Gasteiger partial charge in [0.25, 0.3) is 0 Å². The molecule has 0 saturated carbocycles. The summed E-state index contributed by atoms with van der Waals surface area (Å²) in [5.41, 5.74) is 1.55. The summed E-state index contributed by atoms with van der Waals surface area (Å²) in [7, 11) is 1.62. The normalized spacial score (nSPS) is 13.7. The van der Waals surface area contributed by atoms with Gasteiger partial charge in [0.05, 0.1) is 12.8 Å². The Kier molecular flexibility index (Phi) is 4.15. The van der Waals surface area contributed by atoms with Crippen molar-refractivity contribution in [3.8, 4) is 23.3 Å². The molecule has 112 valence electrons. The maximum atomic E-state index is 9.56. The van der Waals surface area contributed by atoms with Gasteiger partial charge < -0.3 is 14.4 Å². The van der Waals surface area contributed by atoms with Crippen LogP contribution < -0.4 is 14.4 Å². The molecule has 1 heterocycles. The standard InChI is InChI=1S/C18H18N2O2/c1-21-14-6-4-7-15(12-14)22-18-9-5-8-17(16(18)13-19)20-10-2-3-11-20/h4-9,12H,2-3,10-11H2,1H3. The summed E-state index contributed by atoms with van der Waals surface area (Å²) in [6, 6.07) is 15.4. The first-order valence-corrected chi connectivity index (χ1v) is 7.42. The fourth-order valence-corrected chi connectivity index (χ4v) is 2.73. The predicted molar refractivity (Wildman–Crippen MR) is 85.7 cm³/mol. The van der Waals surface area contributed by atoms with E-state index < -0.39 is 0 Å². The van der Waals surface area contributed by atoms with Crippen LogP contribution in [0.5, 0.6) is 17.2 Å². The first-order chi connectivity index (χ1) is 10.8. The Labute approximate surface area is 130 Å². The van der Waals surface area contributed by atoms with Crippen molar-refractivity contribution >= 4 is 5.69 Å². The van der Waals surface area contributed by atoms with Crippen LogP contribution in [-0.4, -0.2) is 20.2 Å². The van der Waals surface area contributed by atoms with Crippen LogP contribution in [0.25, 0.3) is 0 Å². The first kappa shape index (κ1) is 14.3. The number of hydrogen-bond donors (Lipinski definition) is 0. The van der Waals surface area contributed by atoms with Crippen molar-refractivity contribution in [2.24, 2.45) is 0 Å². The Balaban J connectivity index is 1.93. The van der Waals surface area contributed by atoms with Gasteiger partial charge in [0.2, 0.25) is 0 Å². The van der Waals surface area contributed by atoms with Crippen LogP contribution in [0, 0.1) is 11.3 Å². The largest absolute Gasteiger partial charge is 0.497 e. The zero-order valence-electron chi connectivity index (χ0n) is 12.6. The molecular formula is C18H18N2O2. The molecule has 1 aliphatic rings. The number of nitriles is 1. The van der Waals surface area contributed by atoms with E-state index in [1.54, 1.807) is 7.11 Å². The molecule has 0 N–H and O–H groups in total. The minimum absolute atomic E-state index is 0.583. The number of hydrogen-bond acceptors (Lipinski definition) is 4. The lowest BCUT2D eigenvalue weighted by molar-refractivity contribution is 0.409. The highest BCUT2D eigenvalue weighted by atomic mass is 16.5. The highest BCUT2D eigenvalue weighted by molar-refractivity contribution is 5.66. The summed E-state index contributed by atoms with van der Waals surface area (Å²) < 4.78 is 11.1. The average Bonchev–Trinajstić information content (AvgIpc) is 3.09. The second kappa shape index (κ2) is 6.40. The molecule has 0 aliphatic carbocycles. The van der Waals surface area contributed by atoms with Gasteiger partial charge in [0, 0.05) is 19.2 Å². The van der Waals surface area contributed by atoms with E-state index in [0.29, 0.717) is 17.1 Å². The van der Waals surface area contributed by atoms with E-state index in [2.05, 4.69) is 11.0 Å². The van der Waals surface area contributed by atoms with E-state index >= 15 is 0 Å². The van der Waals surface area contributed by atoms with Crippen molar-refractivity contribution < 1.29 is 9.47 Å². The number of rotatable bonds is 4. The number of anilines is 1. The van der Waals surface area contributed by atoms with Gasteiger partial charge in [-0.3, -0.25) is 0 Å². The highest BCUT2D eigenvalue weighted by Crippen LogP contribution is 2.34. The molecule has 1 aliphatic heterocycles. The van der Waals surface area contributed by atoms with Gasteiger partial charge in [-0.2, -0.15) is 5.26 Å². The molecule has 0 unspecified atom stereocenters. The van der Waals surface area contributed by atoms with E-state index in [9.17, 15) is 5.26 Å². The maximum Gasteiger partial charge on any atom is 0.147 e. The second-order valence-electron chi connectivity index (χ2n) is 5.24. The lowest BCUT2D eigenvalue weighted by Gasteiger charge is -2.20. The van der Waals surface area contributed by atoms with Crippen LogP contribution in [0.1, 0.15) is 18.4 Å². The molecule has 0 amide bonds. The molecule has 22 heavy (non-hydrogen) atoms. The van der Waals surface area contributed by atoms with Gasteiger partial charge in [-0.1, -0.05) is 12.1 Å². The summed E-state index contributed by atoms with van der Waals surface area (Å²) >= 11 is 0. The van der Waals surface area contributed by atoms with Crippen LogP contribution in [0.3, 0.4) is 0 Å². The third kappa shape index (κ3) is 2.84. The molecule has 4 heteroatoms. The highest BCUT2D eigenvalue weighted by Gasteiger charge is 2.18. The Morgan fingerprint density at radius 1 is 1.05 bits per heavy atom. The minimum Gasteiger partial charge on any atom is -0.497 e. The van der Waals surface area contributed by atoms with Crippen molar-refractivity contribution in [1.29, 1.82) is 5.26 Å². The summed E-state index contributed by atoms with van der Waals surface area (Å²) in [6.07, 6.45) is 2.34. The Bertz CT molecular complexity index is 700. The van der Waals surface area contributed by atoms with Crippen LogP contribution in [0.4, 0.5) is 5.69 Å². The number of nitrogens with zero attached hydrogens (tertiary/aromatic N) is 2. The molecule has 0 atom stereocenters. The lowest BCUT2D eigenvalue weighted by atomic mass is 10.1. The Morgan fingerprint density at radius 2 is 1.77 bits per heavy atom. The Hall–Kier alpha value is -2.67.